The van der Waals surface area contributed by atoms with Crippen LogP contribution in [0.1, 0.15) is 22.8 Å². The maximum Gasteiger partial charge on any atom is 0.254 e. The van der Waals surface area contributed by atoms with Crippen LogP contribution in [0.15, 0.2) is 59.3 Å². The van der Waals surface area contributed by atoms with Gasteiger partial charge in [-0.3, -0.25) is 4.79 Å². The number of ether oxygens (including phenoxy) is 2. The molecule has 1 heterocycles. The molecule has 3 rings (SSSR count). The topological polar surface area (TPSA) is 65.4 Å². The van der Waals surface area contributed by atoms with Gasteiger partial charge in [-0.05, 0) is 48.9 Å². The van der Waals surface area contributed by atoms with Crippen molar-refractivity contribution in [2.75, 3.05) is 13.7 Å². The average molecular weight is 430 g/mol. The third-order valence-electron chi connectivity index (χ3n) is 3.92. The quantitative estimate of drug-likeness (QED) is 0.616. The molecule has 0 aliphatic rings. The Kier molecular flexibility index (Phi) is 6.13. The van der Waals surface area contributed by atoms with E-state index in [2.05, 4.69) is 26.3 Å². The highest BCUT2D eigenvalue weighted by molar-refractivity contribution is 9.10. The molecule has 0 spiro atoms. The van der Waals surface area contributed by atoms with Gasteiger partial charge in [-0.15, -0.1) is 0 Å². The van der Waals surface area contributed by atoms with Crippen LogP contribution < -0.4 is 14.8 Å². The normalized spacial score (nSPS) is 10.5. The molecular formula is C20H20BrN3O3. The van der Waals surface area contributed by atoms with E-state index in [9.17, 15) is 4.79 Å². The van der Waals surface area contributed by atoms with Crippen LogP contribution in [-0.4, -0.2) is 29.4 Å². The summed E-state index contributed by atoms with van der Waals surface area (Å²) in [5, 5.41) is 7.15. The van der Waals surface area contributed by atoms with Gasteiger partial charge >= 0.3 is 0 Å². The van der Waals surface area contributed by atoms with E-state index >= 15 is 0 Å². The van der Waals surface area contributed by atoms with Crippen LogP contribution in [0.5, 0.6) is 11.5 Å². The number of hydrogen-bond acceptors (Lipinski definition) is 4. The second-order valence-corrected chi connectivity index (χ2v) is 6.67. The van der Waals surface area contributed by atoms with Crippen molar-refractivity contribution < 1.29 is 14.3 Å². The van der Waals surface area contributed by atoms with E-state index in [0.717, 1.165) is 15.7 Å². The molecule has 7 heteroatoms. The molecule has 0 radical (unpaired) electrons. The van der Waals surface area contributed by atoms with Gasteiger partial charge < -0.3 is 14.8 Å². The van der Waals surface area contributed by atoms with Crippen LogP contribution in [0.25, 0.3) is 5.69 Å². The summed E-state index contributed by atoms with van der Waals surface area (Å²) in [7, 11) is 1.59. The highest BCUT2D eigenvalue weighted by Gasteiger charge is 2.11. The van der Waals surface area contributed by atoms with Crippen molar-refractivity contribution >= 4 is 21.8 Å². The van der Waals surface area contributed by atoms with Gasteiger partial charge in [-0.25, -0.2) is 4.68 Å². The van der Waals surface area contributed by atoms with E-state index in [0.29, 0.717) is 30.2 Å². The van der Waals surface area contributed by atoms with Gasteiger partial charge in [0.25, 0.3) is 5.91 Å². The predicted molar refractivity (Wildman–Crippen MR) is 107 cm³/mol. The zero-order valence-corrected chi connectivity index (χ0v) is 16.7. The molecular weight excluding hydrogens is 410 g/mol. The van der Waals surface area contributed by atoms with E-state index in [1.165, 1.54) is 0 Å². The first-order valence-corrected chi connectivity index (χ1v) is 9.28. The summed E-state index contributed by atoms with van der Waals surface area (Å²) in [5.41, 5.74) is 2.30. The zero-order chi connectivity index (χ0) is 19.2. The Morgan fingerprint density at radius 3 is 2.67 bits per heavy atom. The summed E-state index contributed by atoms with van der Waals surface area (Å²) in [6.07, 6.45) is 3.26. The van der Waals surface area contributed by atoms with Gasteiger partial charge in [0, 0.05) is 17.2 Å². The average Bonchev–Trinajstić information content (AvgIpc) is 3.18. The third kappa shape index (κ3) is 4.68. The molecule has 140 valence electrons. The number of benzene rings is 2. The molecule has 0 atom stereocenters. The lowest BCUT2D eigenvalue weighted by molar-refractivity contribution is 0.0951. The largest absolute Gasteiger partial charge is 0.493 e. The lowest BCUT2D eigenvalue weighted by Gasteiger charge is -2.11. The molecule has 0 aliphatic carbocycles. The van der Waals surface area contributed by atoms with Crippen molar-refractivity contribution in [3.8, 4) is 17.2 Å². The van der Waals surface area contributed by atoms with Crippen LogP contribution in [-0.2, 0) is 6.54 Å². The van der Waals surface area contributed by atoms with Crippen LogP contribution in [0.4, 0.5) is 0 Å². The first kappa shape index (κ1) is 19.0. The molecule has 2 aromatic carbocycles. The first-order valence-electron chi connectivity index (χ1n) is 8.49. The smallest absolute Gasteiger partial charge is 0.254 e. The van der Waals surface area contributed by atoms with Crippen molar-refractivity contribution in [3.05, 3.63) is 70.5 Å². The van der Waals surface area contributed by atoms with Gasteiger partial charge in [-0.2, -0.15) is 5.10 Å². The Morgan fingerprint density at radius 1 is 1.19 bits per heavy atom. The molecule has 3 aromatic rings. The van der Waals surface area contributed by atoms with E-state index in [1.54, 1.807) is 24.2 Å². The summed E-state index contributed by atoms with van der Waals surface area (Å²) >= 11 is 3.40. The summed E-state index contributed by atoms with van der Waals surface area (Å²) in [5.74, 6) is 1.14. The van der Waals surface area contributed by atoms with Gasteiger partial charge in [0.2, 0.25) is 0 Å². The SMILES string of the molecule is CCOc1ccc(CNC(=O)c2cnn(-c3ccc(Br)cc3)c2)cc1OC. The van der Waals surface area contributed by atoms with Crippen LogP contribution >= 0.6 is 15.9 Å². The number of rotatable bonds is 7. The van der Waals surface area contributed by atoms with Gasteiger partial charge in [0.1, 0.15) is 0 Å². The summed E-state index contributed by atoms with van der Waals surface area (Å²) < 4.78 is 13.5. The monoisotopic (exact) mass is 429 g/mol. The Morgan fingerprint density at radius 2 is 1.96 bits per heavy atom. The fourth-order valence-corrected chi connectivity index (χ4v) is 2.82. The number of carbonyl (C=O) groups is 1. The van der Waals surface area contributed by atoms with E-state index in [4.69, 9.17) is 9.47 Å². The summed E-state index contributed by atoms with van der Waals surface area (Å²) in [6, 6.07) is 13.3. The predicted octanol–water partition coefficient (Wildman–Crippen LogP) is 3.97. The highest BCUT2D eigenvalue weighted by atomic mass is 79.9. The maximum atomic E-state index is 12.4. The minimum Gasteiger partial charge on any atom is -0.493 e. The van der Waals surface area contributed by atoms with Crippen LogP contribution in [0, 0.1) is 0 Å². The minimum absolute atomic E-state index is 0.189. The molecule has 0 aliphatic heterocycles. The standard InChI is InChI=1S/C20H20BrN3O3/c1-3-27-18-9-4-14(10-19(18)26-2)11-22-20(25)15-12-23-24(13-15)17-7-5-16(21)6-8-17/h4-10,12-13H,3,11H2,1-2H3,(H,22,25). The highest BCUT2D eigenvalue weighted by Crippen LogP contribution is 2.28. The van der Waals surface area contributed by atoms with Crippen LogP contribution in [0.3, 0.4) is 0 Å². The lowest BCUT2D eigenvalue weighted by Crippen LogP contribution is -2.22. The Hall–Kier alpha value is -2.80. The van der Waals surface area contributed by atoms with E-state index in [-0.39, 0.29) is 5.91 Å². The molecule has 0 saturated carbocycles. The van der Waals surface area contributed by atoms with Gasteiger partial charge in [0.05, 0.1) is 31.2 Å². The summed E-state index contributed by atoms with van der Waals surface area (Å²) in [6.45, 7) is 2.86. The molecule has 1 amide bonds. The number of hydrogen-bond donors (Lipinski definition) is 1. The minimum atomic E-state index is -0.189. The number of halogens is 1. The Labute approximate surface area is 166 Å². The van der Waals surface area contributed by atoms with E-state index < -0.39 is 0 Å². The Bertz CT molecular complexity index is 922. The molecule has 1 N–H and O–H groups in total. The number of nitrogens with zero attached hydrogens (tertiary/aromatic N) is 2. The van der Waals surface area contributed by atoms with Crippen molar-refractivity contribution in [1.29, 1.82) is 0 Å². The number of aromatic nitrogens is 2. The second-order valence-electron chi connectivity index (χ2n) is 5.75. The molecule has 27 heavy (non-hydrogen) atoms. The van der Waals surface area contributed by atoms with Crippen molar-refractivity contribution in [2.45, 2.75) is 13.5 Å². The Balaban J connectivity index is 1.65. The number of carbonyl (C=O) groups excluding carboxylic acids is 1. The number of nitrogens with one attached hydrogen (secondary N) is 1. The van der Waals surface area contributed by atoms with Crippen molar-refractivity contribution in [1.82, 2.24) is 15.1 Å². The fourth-order valence-electron chi connectivity index (χ4n) is 2.56. The molecule has 0 saturated heterocycles. The second kappa shape index (κ2) is 8.73. The molecule has 0 fully saturated rings. The maximum absolute atomic E-state index is 12.4. The molecule has 6 nitrogen and oxygen atoms in total. The summed E-state index contributed by atoms with van der Waals surface area (Å²) in [4.78, 5) is 12.4. The van der Waals surface area contributed by atoms with E-state index in [1.807, 2.05) is 49.4 Å². The van der Waals surface area contributed by atoms with Crippen molar-refractivity contribution in [2.24, 2.45) is 0 Å². The number of amides is 1. The third-order valence-corrected chi connectivity index (χ3v) is 4.45. The van der Waals surface area contributed by atoms with Gasteiger partial charge in [-0.1, -0.05) is 22.0 Å². The fraction of sp³-hybridized carbons (Fsp3) is 0.200. The molecule has 1 aromatic heterocycles. The number of methoxy groups -OCH3 is 1. The molecule has 0 unspecified atom stereocenters. The first-order chi connectivity index (χ1) is 13.1. The van der Waals surface area contributed by atoms with Crippen molar-refractivity contribution in [3.63, 3.8) is 0 Å². The lowest BCUT2D eigenvalue weighted by atomic mass is 10.2. The molecule has 0 bridgehead atoms. The van der Waals surface area contributed by atoms with Gasteiger partial charge in [0.15, 0.2) is 11.5 Å². The van der Waals surface area contributed by atoms with Crippen LogP contribution in [0.2, 0.25) is 0 Å². The zero-order valence-electron chi connectivity index (χ0n) is 15.1.